The lowest BCUT2D eigenvalue weighted by Crippen LogP contribution is -2.36. The molecule has 2 rings (SSSR count). The Labute approximate surface area is 121 Å². The number of piperidine rings is 1. The summed E-state index contributed by atoms with van der Waals surface area (Å²) in [6, 6.07) is 0. The summed E-state index contributed by atoms with van der Waals surface area (Å²) in [5.41, 5.74) is 1.59. The molecule has 0 aromatic carbocycles. The Morgan fingerprint density at radius 1 is 1.30 bits per heavy atom. The van der Waals surface area contributed by atoms with Gasteiger partial charge in [-0.1, -0.05) is 13.3 Å². The fourth-order valence-electron chi connectivity index (χ4n) is 2.47. The van der Waals surface area contributed by atoms with Gasteiger partial charge in [-0.2, -0.15) is 9.40 Å². The van der Waals surface area contributed by atoms with Gasteiger partial charge in [0.15, 0.2) is 5.03 Å². The van der Waals surface area contributed by atoms with Gasteiger partial charge in [-0.15, -0.1) is 0 Å². The molecule has 0 radical (unpaired) electrons. The van der Waals surface area contributed by atoms with Crippen LogP contribution in [0, 0.1) is 6.92 Å². The Morgan fingerprint density at radius 3 is 2.65 bits per heavy atom. The molecule has 20 heavy (non-hydrogen) atoms. The van der Waals surface area contributed by atoms with Crippen molar-refractivity contribution in [2.45, 2.75) is 51.1 Å². The van der Waals surface area contributed by atoms with E-state index >= 15 is 0 Å². The van der Waals surface area contributed by atoms with E-state index in [1.165, 1.54) is 0 Å². The van der Waals surface area contributed by atoms with Crippen molar-refractivity contribution in [3.8, 4) is 0 Å². The zero-order chi connectivity index (χ0) is 14.6. The summed E-state index contributed by atoms with van der Waals surface area (Å²) in [7, 11) is -3.46. The van der Waals surface area contributed by atoms with Crippen molar-refractivity contribution < 1.29 is 8.42 Å². The fraction of sp³-hybridized carbons (Fsp3) is 0.769. The minimum absolute atomic E-state index is 0.195. The van der Waals surface area contributed by atoms with Crippen molar-refractivity contribution in [2.24, 2.45) is 0 Å². The largest absolute Gasteiger partial charge is 0.313 e. The average molecular weight is 300 g/mol. The number of nitrogens with one attached hydrogen (secondary N) is 2. The van der Waals surface area contributed by atoms with E-state index in [0.29, 0.717) is 19.6 Å². The van der Waals surface area contributed by atoms with E-state index in [1.54, 1.807) is 4.31 Å². The molecular formula is C13H24N4O2S. The van der Waals surface area contributed by atoms with Crippen LogP contribution in [0.1, 0.15) is 43.9 Å². The Balaban J connectivity index is 2.22. The van der Waals surface area contributed by atoms with Gasteiger partial charge in [0.05, 0.1) is 0 Å². The van der Waals surface area contributed by atoms with Crippen LogP contribution in [0.2, 0.25) is 0 Å². The molecular weight excluding hydrogens is 276 g/mol. The summed E-state index contributed by atoms with van der Waals surface area (Å²) in [4.78, 5) is 0. The molecule has 1 aromatic heterocycles. The number of hydrogen-bond donors (Lipinski definition) is 2. The molecule has 6 nitrogen and oxygen atoms in total. The molecule has 1 aliphatic rings. The third kappa shape index (κ3) is 3.21. The Morgan fingerprint density at radius 2 is 2.00 bits per heavy atom. The molecule has 0 bridgehead atoms. The Hall–Kier alpha value is -0.920. The van der Waals surface area contributed by atoms with E-state index in [1.807, 2.05) is 6.92 Å². The number of aromatic nitrogens is 2. The first-order chi connectivity index (χ1) is 9.57. The predicted molar refractivity (Wildman–Crippen MR) is 77.9 cm³/mol. The van der Waals surface area contributed by atoms with Crippen molar-refractivity contribution in [1.29, 1.82) is 0 Å². The van der Waals surface area contributed by atoms with Gasteiger partial charge in [0, 0.05) is 30.9 Å². The van der Waals surface area contributed by atoms with E-state index in [-0.39, 0.29) is 5.03 Å². The maximum Gasteiger partial charge on any atom is 0.262 e. The van der Waals surface area contributed by atoms with E-state index in [0.717, 1.165) is 43.5 Å². The standard InChI is InChI=1S/C13H24N4O2S/c1-3-7-14-10-12-11(2)15-16-13(12)20(18,19)17-8-5-4-6-9-17/h14H,3-10H2,1-2H3,(H,15,16). The van der Waals surface area contributed by atoms with Gasteiger partial charge in [-0.3, -0.25) is 5.10 Å². The summed E-state index contributed by atoms with van der Waals surface area (Å²) in [6.45, 7) is 6.57. The maximum absolute atomic E-state index is 12.7. The van der Waals surface area contributed by atoms with Crippen molar-refractivity contribution in [3.63, 3.8) is 0 Å². The highest BCUT2D eigenvalue weighted by Crippen LogP contribution is 2.23. The van der Waals surface area contributed by atoms with E-state index in [4.69, 9.17) is 0 Å². The molecule has 1 saturated heterocycles. The summed E-state index contributed by atoms with van der Waals surface area (Å²) in [5, 5.41) is 10.3. The molecule has 2 heterocycles. The lowest BCUT2D eigenvalue weighted by atomic mass is 10.2. The third-order valence-corrected chi connectivity index (χ3v) is 5.54. The highest BCUT2D eigenvalue weighted by atomic mass is 32.2. The molecule has 1 aliphatic heterocycles. The number of rotatable bonds is 6. The van der Waals surface area contributed by atoms with Gasteiger partial charge in [-0.25, -0.2) is 8.42 Å². The van der Waals surface area contributed by atoms with Gasteiger partial charge < -0.3 is 5.32 Å². The van der Waals surface area contributed by atoms with Crippen LogP contribution in [0.3, 0.4) is 0 Å². The number of hydrogen-bond acceptors (Lipinski definition) is 4. The minimum Gasteiger partial charge on any atom is -0.313 e. The number of sulfonamides is 1. The second-order valence-electron chi connectivity index (χ2n) is 5.27. The molecule has 0 saturated carbocycles. The van der Waals surface area contributed by atoms with E-state index in [2.05, 4.69) is 22.4 Å². The first kappa shape index (κ1) is 15.5. The van der Waals surface area contributed by atoms with Crippen LogP contribution in [-0.4, -0.2) is 42.6 Å². The number of H-pyrrole nitrogens is 1. The zero-order valence-corrected chi connectivity index (χ0v) is 13.1. The van der Waals surface area contributed by atoms with E-state index in [9.17, 15) is 8.42 Å². The topological polar surface area (TPSA) is 78.1 Å². The number of aromatic amines is 1. The summed E-state index contributed by atoms with van der Waals surface area (Å²) < 4.78 is 26.9. The van der Waals surface area contributed by atoms with Gasteiger partial charge in [0.1, 0.15) is 0 Å². The average Bonchev–Trinajstić information content (AvgIpc) is 2.82. The van der Waals surface area contributed by atoms with Crippen LogP contribution < -0.4 is 5.32 Å². The van der Waals surface area contributed by atoms with Crippen LogP contribution in [0.5, 0.6) is 0 Å². The molecule has 1 fully saturated rings. The lowest BCUT2D eigenvalue weighted by molar-refractivity contribution is 0.345. The van der Waals surface area contributed by atoms with E-state index < -0.39 is 10.0 Å². The molecule has 0 aliphatic carbocycles. The molecule has 7 heteroatoms. The molecule has 0 atom stereocenters. The monoisotopic (exact) mass is 300 g/mol. The Bertz CT molecular complexity index is 533. The lowest BCUT2D eigenvalue weighted by Gasteiger charge is -2.25. The number of aryl methyl sites for hydroxylation is 1. The van der Waals surface area contributed by atoms with Crippen molar-refractivity contribution in [1.82, 2.24) is 19.8 Å². The molecule has 0 spiro atoms. The second kappa shape index (κ2) is 6.69. The molecule has 0 unspecified atom stereocenters. The first-order valence-corrected chi connectivity index (χ1v) is 8.76. The first-order valence-electron chi connectivity index (χ1n) is 7.32. The second-order valence-corrected chi connectivity index (χ2v) is 7.13. The normalized spacial score (nSPS) is 17.5. The maximum atomic E-state index is 12.7. The molecule has 2 N–H and O–H groups in total. The van der Waals surface area contributed by atoms with Crippen molar-refractivity contribution in [2.75, 3.05) is 19.6 Å². The minimum atomic E-state index is -3.46. The predicted octanol–water partition coefficient (Wildman–Crippen LogP) is 1.39. The van der Waals surface area contributed by atoms with Gasteiger partial charge >= 0.3 is 0 Å². The Kier molecular flexibility index (Phi) is 5.17. The van der Waals surface area contributed by atoms with Gasteiger partial charge in [0.25, 0.3) is 10.0 Å². The van der Waals surface area contributed by atoms with Gasteiger partial charge in [-0.05, 0) is 32.7 Å². The van der Waals surface area contributed by atoms with Crippen molar-refractivity contribution >= 4 is 10.0 Å². The zero-order valence-electron chi connectivity index (χ0n) is 12.3. The summed E-state index contributed by atoms with van der Waals surface area (Å²) in [5.74, 6) is 0. The van der Waals surface area contributed by atoms with Gasteiger partial charge in [0.2, 0.25) is 0 Å². The van der Waals surface area contributed by atoms with Crippen LogP contribution in [0.15, 0.2) is 5.03 Å². The van der Waals surface area contributed by atoms with Crippen LogP contribution >= 0.6 is 0 Å². The van der Waals surface area contributed by atoms with Crippen LogP contribution in [0.4, 0.5) is 0 Å². The molecule has 1 aromatic rings. The fourth-order valence-corrected chi connectivity index (χ4v) is 4.15. The third-order valence-electron chi connectivity index (χ3n) is 3.66. The van der Waals surface area contributed by atoms with Crippen LogP contribution in [0.25, 0.3) is 0 Å². The number of nitrogens with zero attached hydrogens (tertiary/aromatic N) is 2. The van der Waals surface area contributed by atoms with Crippen LogP contribution in [-0.2, 0) is 16.6 Å². The molecule has 114 valence electrons. The highest BCUT2D eigenvalue weighted by molar-refractivity contribution is 7.89. The quantitative estimate of drug-likeness (QED) is 0.778. The summed E-state index contributed by atoms with van der Waals surface area (Å²) >= 11 is 0. The summed E-state index contributed by atoms with van der Waals surface area (Å²) in [6.07, 6.45) is 4.00. The van der Waals surface area contributed by atoms with Crippen molar-refractivity contribution in [3.05, 3.63) is 11.3 Å². The molecule has 0 amide bonds. The smallest absolute Gasteiger partial charge is 0.262 e. The highest BCUT2D eigenvalue weighted by Gasteiger charge is 2.31. The SMILES string of the molecule is CCCNCc1c(S(=O)(=O)N2CCCCC2)n[nH]c1C.